The smallest absolute Gasteiger partial charge is 0.135 e. The van der Waals surface area contributed by atoms with E-state index in [1.807, 2.05) is 24.3 Å². The maximum Gasteiger partial charge on any atom is 0.135 e. The van der Waals surface area contributed by atoms with Gasteiger partial charge in [0.15, 0.2) is 0 Å². The average Bonchev–Trinajstić information content (AvgIpc) is 2.36. The van der Waals surface area contributed by atoms with Crippen molar-refractivity contribution in [1.29, 1.82) is 0 Å². The van der Waals surface area contributed by atoms with Crippen LogP contribution in [-0.4, -0.2) is 26.2 Å². The molecule has 0 fully saturated rings. The fourth-order valence-electron chi connectivity index (χ4n) is 1.24. The van der Waals surface area contributed by atoms with E-state index in [0.29, 0.717) is 19.1 Å². The highest BCUT2D eigenvalue weighted by Crippen LogP contribution is 2.16. The summed E-state index contributed by atoms with van der Waals surface area (Å²) in [5.74, 6) is 7.65. The van der Waals surface area contributed by atoms with Crippen molar-refractivity contribution in [2.75, 3.05) is 26.2 Å². The highest BCUT2D eigenvalue weighted by Gasteiger charge is 1.98. The summed E-state index contributed by atoms with van der Waals surface area (Å²) < 4.78 is 10.5. The largest absolute Gasteiger partial charge is 0.490 e. The lowest BCUT2D eigenvalue weighted by molar-refractivity contribution is 0.146. The van der Waals surface area contributed by atoms with E-state index in [1.165, 1.54) is 0 Å². The third kappa shape index (κ3) is 5.63. The van der Waals surface area contributed by atoms with E-state index < -0.39 is 0 Å². The zero-order valence-corrected chi connectivity index (χ0v) is 10.8. The Morgan fingerprint density at radius 2 is 2.06 bits per heavy atom. The highest BCUT2D eigenvalue weighted by atomic mass is 35.5. The van der Waals surface area contributed by atoms with Gasteiger partial charge in [0.25, 0.3) is 0 Å². The van der Waals surface area contributed by atoms with E-state index in [9.17, 15) is 0 Å². The van der Waals surface area contributed by atoms with Gasteiger partial charge in [-0.05, 0) is 18.6 Å². The molecule has 0 amide bonds. The Morgan fingerprint density at radius 3 is 2.82 bits per heavy atom. The number of methoxy groups -OCH3 is 1. The molecule has 17 heavy (non-hydrogen) atoms. The molecule has 0 aliphatic carbocycles. The summed E-state index contributed by atoms with van der Waals surface area (Å²) in [5, 5.41) is 0. The monoisotopic (exact) mass is 252 g/mol. The lowest BCUT2D eigenvalue weighted by Gasteiger charge is -2.06. The van der Waals surface area contributed by atoms with Crippen LogP contribution in [-0.2, 0) is 4.74 Å². The van der Waals surface area contributed by atoms with Crippen molar-refractivity contribution in [3.8, 4) is 17.6 Å². The third-order valence-corrected chi connectivity index (χ3v) is 2.36. The van der Waals surface area contributed by atoms with Gasteiger partial charge in [0.2, 0.25) is 0 Å². The average molecular weight is 253 g/mol. The zero-order valence-electron chi connectivity index (χ0n) is 10.0. The molecule has 0 aliphatic rings. The molecule has 0 unspecified atom stereocenters. The lowest BCUT2D eigenvalue weighted by atomic mass is 10.2. The molecule has 0 aromatic heterocycles. The number of ether oxygens (including phenoxy) is 2. The number of rotatable bonds is 6. The number of para-hydroxylation sites is 1. The minimum Gasteiger partial charge on any atom is -0.490 e. The van der Waals surface area contributed by atoms with Crippen LogP contribution in [0.1, 0.15) is 18.4 Å². The molecule has 0 radical (unpaired) electrons. The summed E-state index contributed by atoms with van der Waals surface area (Å²) in [6, 6.07) is 7.76. The summed E-state index contributed by atoms with van der Waals surface area (Å²) >= 11 is 5.59. The van der Waals surface area contributed by atoms with Crippen LogP contribution >= 0.6 is 11.6 Å². The Labute approximate surface area is 108 Å². The Morgan fingerprint density at radius 1 is 1.24 bits per heavy atom. The number of hydrogen-bond donors (Lipinski definition) is 0. The van der Waals surface area contributed by atoms with Gasteiger partial charge in [-0.3, -0.25) is 0 Å². The molecule has 1 aromatic rings. The Kier molecular flexibility index (Phi) is 7.29. The SMILES string of the molecule is COCCOc1ccccc1C#CCCCCl. The van der Waals surface area contributed by atoms with E-state index in [4.69, 9.17) is 21.1 Å². The van der Waals surface area contributed by atoms with Gasteiger partial charge in [-0.25, -0.2) is 0 Å². The Balaban J connectivity index is 2.59. The first-order chi connectivity index (χ1) is 8.38. The number of unbranched alkanes of at least 4 members (excludes halogenated alkanes) is 1. The molecule has 0 N–H and O–H groups in total. The summed E-state index contributed by atoms with van der Waals surface area (Å²) in [4.78, 5) is 0. The van der Waals surface area contributed by atoms with E-state index in [-0.39, 0.29) is 0 Å². The first kappa shape index (κ1) is 13.9. The molecule has 0 saturated carbocycles. The molecule has 3 heteroatoms. The van der Waals surface area contributed by atoms with Gasteiger partial charge in [0.05, 0.1) is 12.2 Å². The predicted molar refractivity (Wildman–Crippen MR) is 70.6 cm³/mol. The Bertz CT molecular complexity index is 379. The second-order valence-electron chi connectivity index (χ2n) is 3.43. The van der Waals surface area contributed by atoms with Crippen molar-refractivity contribution < 1.29 is 9.47 Å². The third-order valence-electron chi connectivity index (χ3n) is 2.09. The maximum atomic E-state index is 5.59. The van der Waals surface area contributed by atoms with Crippen LogP contribution < -0.4 is 4.74 Å². The number of halogens is 1. The lowest BCUT2D eigenvalue weighted by Crippen LogP contribution is -2.05. The quantitative estimate of drug-likeness (QED) is 0.440. The number of benzene rings is 1. The van der Waals surface area contributed by atoms with Crippen LogP contribution in [0.4, 0.5) is 0 Å². The second kappa shape index (κ2) is 8.92. The van der Waals surface area contributed by atoms with Crippen molar-refractivity contribution in [3.63, 3.8) is 0 Å². The van der Waals surface area contributed by atoms with Crippen molar-refractivity contribution in [2.24, 2.45) is 0 Å². The van der Waals surface area contributed by atoms with Gasteiger partial charge in [-0.2, -0.15) is 0 Å². The molecule has 0 spiro atoms. The molecule has 0 aliphatic heterocycles. The van der Waals surface area contributed by atoms with Crippen molar-refractivity contribution >= 4 is 11.6 Å². The first-order valence-corrected chi connectivity index (χ1v) is 6.17. The summed E-state index contributed by atoms with van der Waals surface area (Å²) in [6.45, 7) is 1.12. The van der Waals surface area contributed by atoms with E-state index >= 15 is 0 Å². The summed E-state index contributed by atoms with van der Waals surface area (Å²) in [5.41, 5.74) is 0.915. The normalized spacial score (nSPS) is 9.53. The van der Waals surface area contributed by atoms with Crippen LogP contribution in [0.25, 0.3) is 0 Å². The van der Waals surface area contributed by atoms with Crippen molar-refractivity contribution in [2.45, 2.75) is 12.8 Å². The van der Waals surface area contributed by atoms with Gasteiger partial charge >= 0.3 is 0 Å². The van der Waals surface area contributed by atoms with Gasteiger partial charge in [-0.1, -0.05) is 24.0 Å². The van der Waals surface area contributed by atoms with E-state index in [1.54, 1.807) is 7.11 Å². The number of hydrogen-bond acceptors (Lipinski definition) is 2. The fraction of sp³-hybridized carbons (Fsp3) is 0.429. The van der Waals surface area contributed by atoms with Crippen LogP contribution in [0.3, 0.4) is 0 Å². The van der Waals surface area contributed by atoms with Gasteiger partial charge in [0, 0.05) is 19.4 Å². The summed E-state index contributed by atoms with van der Waals surface area (Å²) in [6.07, 6.45) is 1.73. The minimum absolute atomic E-state index is 0.539. The van der Waals surface area contributed by atoms with Gasteiger partial charge in [0.1, 0.15) is 12.4 Å². The first-order valence-electron chi connectivity index (χ1n) is 5.64. The molecule has 1 aromatic carbocycles. The molecule has 0 bridgehead atoms. The van der Waals surface area contributed by atoms with Gasteiger partial charge in [-0.15, -0.1) is 11.6 Å². The minimum atomic E-state index is 0.539. The van der Waals surface area contributed by atoms with Gasteiger partial charge < -0.3 is 9.47 Å². The zero-order chi connectivity index (χ0) is 12.3. The fourth-order valence-corrected chi connectivity index (χ4v) is 1.38. The molecule has 0 atom stereocenters. The van der Waals surface area contributed by atoms with E-state index in [0.717, 1.165) is 24.2 Å². The highest BCUT2D eigenvalue weighted by molar-refractivity contribution is 6.17. The molecular weight excluding hydrogens is 236 g/mol. The Hall–Kier alpha value is -1.17. The van der Waals surface area contributed by atoms with Crippen molar-refractivity contribution in [1.82, 2.24) is 0 Å². The molecule has 0 saturated heterocycles. The van der Waals surface area contributed by atoms with Crippen LogP contribution in [0, 0.1) is 11.8 Å². The second-order valence-corrected chi connectivity index (χ2v) is 3.81. The van der Waals surface area contributed by atoms with Crippen LogP contribution in [0.5, 0.6) is 5.75 Å². The predicted octanol–water partition coefficient (Wildman–Crippen LogP) is 3.08. The molecule has 2 nitrogen and oxygen atoms in total. The van der Waals surface area contributed by atoms with Crippen molar-refractivity contribution in [3.05, 3.63) is 29.8 Å². The standard InChI is InChI=1S/C14H17ClO2/c1-16-11-12-17-14-9-5-4-8-13(14)7-3-2-6-10-15/h4-5,8-9H,2,6,10-12H2,1H3. The van der Waals surface area contributed by atoms with E-state index in [2.05, 4.69) is 11.8 Å². The molecular formula is C14H17ClO2. The number of alkyl halides is 1. The molecule has 1 rings (SSSR count). The summed E-state index contributed by atoms with van der Waals surface area (Å²) in [7, 11) is 1.65. The van der Waals surface area contributed by atoms with Crippen LogP contribution in [0.2, 0.25) is 0 Å². The molecule has 92 valence electrons. The topological polar surface area (TPSA) is 18.5 Å². The maximum absolute atomic E-state index is 5.59. The molecule has 0 heterocycles. The van der Waals surface area contributed by atoms with Crippen LogP contribution in [0.15, 0.2) is 24.3 Å².